The Kier molecular flexibility index (Phi) is 4.14. The van der Waals surface area contributed by atoms with Crippen LogP contribution in [0.3, 0.4) is 0 Å². The van der Waals surface area contributed by atoms with Gasteiger partial charge in [-0.25, -0.2) is 4.79 Å². The van der Waals surface area contributed by atoms with E-state index in [9.17, 15) is 4.79 Å². The summed E-state index contributed by atoms with van der Waals surface area (Å²) in [4.78, 5) is 12.3. The van der Waals surface area contributed by atoms with Gasteiger partial charge >= 0.3 is 5.97 Å². The van der Waals surface area contributed by atoms with Gasteiger partial charge < -0.3 is 15.4 Å². The SMILES string of the molecule is CC1=C(C(=O)OC2CCc3c(Cl)sc(Cl)c32)CNC(=S)N1. The normalized spacial score (nSPS) is 20.9. The van der Waals surface area contributed by atoms with Crippen LogP contribution in [0, 0.1) is 0 Å². The number of hydrogen-bond donors (Lipinski definition) is 2. The van der Waals surface area contributed by atoms with E-state index in [1.807, 2.05) is 0 Å². The molecule has 1 aromatic rings. The van der Waals surface area contributed by atoms with Crippen molar-refractivity contribution in [3.05, 3.63) is 31.1 Å². The first kappa shape index (κ1) is 15.1. The summed E-state index contributed by atoms with van der Waals surface area (Å²) in [7, 11) is 0. The Morgan fingerprint density at radius 3 is 2.90 bits per heavy atom. The fraction of sp³-hybridized carbons (Fsp3) is 0.385. The number of carbonyl (C=O) groups excluding carboxylic acids is 1. The molecule has 0 fully saturated rings. The van der Waals surface area contributed by atoms with Crippen LogP contribution in [0.25, 0.3) is 0 Å². The predicted molar refractivity (Wildman–Crippen MR) is 87.9 cm³/mol. The lowest BCUT2D eigenvalue weighted by Crippen LogP contribution is -2.43. The molecule has 0 bridgehead atoms. The molecule has 2 N–H and O–H groups in total. The molecule has 0 saturated carbocycles. The maximum Gasteiger partial charge on any atom is 0.338 e. The Hall–Kier alpha value is -0.820. The summed E-state index contributed by atoms with van der Waals surface area (Å²) in [6, 6.07) is 0. The fourth-order valence-corrected chi connectivity index (χ4v) is 4.62. The third-order valence-electron chi connectivity index (χ3n) is 3.61. The molecule has 3 rings (SSSR count). The van der Waals surface area contributed by atoms with Gasteiger partial charge in [0.2, 0.25) is 0 Å². The second-order valence-electron chi connectivity index (χ2n) is 4.89. The van der Waals surface area contributed by atoms with E-state index in [1.54, 1.807) is 6.92 Å². The number of halogens is 2. The van der Waals surface area contributed by atoms with E-state index in [-0.39, 0.29) is 12.1 Å². The van der Waals surface area contributed by atoms with Gasteiger partial charge in [0.15, 0.2) is 5.11 Å². The standard InChI is InChI=1S/C13H12Cl2N2O2S2/c1-5-7(4-16-13(20)17-5)12(18)19-8-3-2-6-9(8)11(15)21-10(6)14/h8H,2-4H2,1H3,(H2,16,17,20). The van der Waals surface area contributed by atoms with Crippen molar-refractivity contribution < 1.29 is 9.53 Å². The van der Waals surface area contributed by atoms with Gasteiger partial charge in [0.05, 0.1) is 16.5 Å². The van der Waals surface area contributed by atoms with Gasteiger partial charge in [0.1, 0.15) is 10.4 Å². The van der Waals surface area contributed by atoms with Gasteiger partial charge in [-0.15, -0.1) is 11.3 Å². The summed E-state index contributed by atoms with van der Waals surface area (Å²) in [5.74, 6) is -0.355. The Labute approximate surface area is 141 Å². The highest BCUT2D eigenvalue weighted by Gasteiger charge is 2.33. The lowest BCUT2D eigenvalue weighted by atomic mass is 10.1. The predicted octanol–water partition coefficient (Wildman–Crippen LogP) is 3.34. The highest BCUT2D eigenvalue weighted by Crippen LogP contribution is 2.47. The Balaban J connectivity index is 1.79. The Morgan fingerprint density at radius 2 is 2.19 bits per heavy atom. The highest BCUT2D eigenvalue weighted by atomic mass is 35.5. The Bertz CT molecular complexity index is 669. The summed E-state index contributed by atoms with van der Waals surface area (Å²) in [6.07, 6.45) is 1.18. The van der Waals surface area contributed by atoms with Crippen LogP contribution in [0.1, 0.15) is 30.6 Å². The van der Waals surface area contributed by atoms with E-state index in [0.717, 1.165) is 29.7 Å². The topological polar surface area (TPSA) is 50.4 Å². The number of nitrogens with one attached hydrogen (secondary N) is 2. The Morgan fingerprint density at radius 1 is 1.43 bits per heavy atom. The number of thiophene rings is 1. The molecule has 21 heavy (non-hydrogen) atoms. The number of fused-ring (bicyclic) bond motifs is 1. The van der Waals surface area contributed by atoms with Crippen molar-refractivity contribution in [2.45, 2.75) is 25.9 Å². The molecule has 8 heteroatoms. The van der Waals surface area contributed by atoms with Crippen LogP contribution >= 0.6 is 46.8 Å². The van der Waals surface area contributed by atoms with Crippen LogP contribution < -0.4 is 10.6 Å². The van der Waals surface area contributed by atoms with Gasteiger partial charge in [-0.3, -0.25) is 0 Å². The fourth-order valence-electron chi connectivity index (χ4n) is 2.53. The first-order chi connectivity index (χ1) is 9.97. The molecule has 0 saturated heterocycles. The summed E-state index contributed by atoms with van der Waals surface area (Å²) in [6.45, 7) is 2.17. The quantitative estimate of drug-likeness (QED) is 0.624. The van der Waals surface area contributed by atoms with E-state index in [4.69, 9.17) is 40.2 Å². The summed E-state index contributed by atoms with van der Waals surface area (Å²) >= 11 is 18.6. The van der Waals surface area contributed by atoms with Crippen molar-refractivity contribution in [3.8, 4) is 0 Å². The summed E-state index contributed by atoms with van der Waals surface area (Å²) in [5.41, 5.74) is 3.15. The van der Waals surface area contributed by atoms with E-state index in [2.05, 4.69) is 10.6 Å². The molecule has 1 unspecified atom stereocenters. The van der Waals surface area contributed by atoms with E-state index >= 15 is 0 Å². The average molecular weight is 363 g/mol. The van der Waals surface area contributed by atoms with Crippen molar-refractivity contribution in [2.24, 2.45) is 0 Å². The molecule has 2 heterocycles. The molecule has 0 spiro atoms. The number of esters is 1. The molecule has 0 aromatic carbocycles. The molecule has 1 aliphatic heterocycles. The molecular formula is C13H12Cl2N2O2S2. The number of hydrogen-bond acceptors (Lipinski definition) is 4. The zero-order chi connectivity index (χ0) is 15.1. The van der Waals surface area contributed by atoms with E-state index in [1.165, 1.54) is 11.3 Å². The van der Waals surface area contributed by atoms with Crippen molar-refractivity contribution in [1.82, 2.24) is 10.6 Å². The third-order valence-corrected chi connectivity index (χ3v) is 5.57. The highest BCUT2D eigenvalue weighted by molar-refractivity contribution is 7.80. The largest absolute Gasteiger partial charge is 0.454 e. The van der Waals surface area contributed by atoms with Crippen molar-refractivity contribution in [1.29, 1.82) is 0 Å². The van der Waals surface area contributed by atoms with Crippen molar-refractivity contribution in [3.63, 3.8) is 0 Å². The molecule has 112 valence electrons. The average Bonchev–Trinajstić information content (AvgIpc) is 2.93. The minimum Gasteiger partial charge on any atom is -0.454 e. The monoisotopic (exact) mass is 362 g/mol. The second kappa shape index (κ2) is 5.76. The molecule has 0 amide bonds. The molecule has 1 atom stereocenters. The molecule has 0 radical (unpaired) electrons. The molecule has 1 aromatic heterocycles. The zero-order valence-electron chi connectivity index (χ0n) is 11.1. The molecule has 2 aliphatic rings. The van der Waals surface area contributed by atoms with Crippen LogP contribution in [0.4, 0.5) is 0 Å². The van der Waals surface area contributed by atoms with Gasteiger partial charge in [0, 0.05) is 11.3 Å². The second-order valence-corrected chi connectivity index (χ2v) is 7.52. The summed E-state index contributed by atoms with van der Waals surface area (Å²) in [5, 5.41) is 6.36. The molecule has 4 nitrogen and oxygen atoms in total. The van der Waals surface area contributed by atoms with E-state index in [0.29, 0.717) is 25.9 Å². The first-order valence-electron chi connectivity index (χ1n) is 6.39. The summed E-state index contributed by atoms with van der Waals surface area (Å²) < 4.78 is 6.92. The van der Waals surface area contributed by atoms with Crippen LogP contribution in [-0.2, 0) is 16.0 Å². The van der Waals surface area contributed by atoms with Crippen LogP contribution in [0.5, 0.6) is 0 Å². The number of rotatable bonds is 2. The first-order valence-corrected chi connectivity index (χ1v) is 8.37. The van der Waals surface area contributed by atoms with Crippen LogP contribution in [0.2, 0.25) is 8.67 Å². The molecule has 1 aliphatic carbocycles. The molecular weight excluding hydrogens is 351 g/mol. The van der Waals surface area contributed by atoms with Gasteiger partial charge in [-0.2, -0.15) is 0 Å². The van der Waals surface area contributed by atoms with Gasteiger partial charge in [-0.1, -0.05) is 23.2 Å². The van der Waals surface area contributed by atoms with Crippen molar-refractivity contribution in [2.75, 3.05) is 6.54 Å². The zero-order valence-corrected chi connectivity index (χ0v) is 14.2. The minimum absolute atomic E-state index is 0.321. The number of thiocarbonyl (C=S) groups is 1. The van der Waals surface area contributed by atoms with Crippen LogP contribution in [0.15, 0.2) is 11.3 Å². The minimum atomic E-state index is -0.355. The van der Waals surface area contributed by atoms with Crippen molar-refractivity contribution >= 4 is 57.8 Å². The smallest absolute Gasteiger partial charge is 0.338 e. The van der Waals surface area contributed by atoms with Gasteiger partial charge in [-0.05, 0) is 37.5 Å². The number of ether oxygens (including phenoxy) is 1. The van der Waals surface area contributed by atoms with Gasteiger partial charge in [0.25, 0.3) is 0 Å². The lowest BCUT2D eigenvalue weighted by molar-refractivity contribution is -0.144. The number of allylic oxidation sites excluding steroid dienone is 1. The lowest BCUT2D eigenvalue weighted by Gasteiger charge is -2.22. The maximum absolute atomic E-state index is 12.3. The van der Waals surface area contributed by atoms with E-state index < -0.39 is 0 Å². The number of carbonyl (C=O) groups is 1. The third kappa shape index (κ3) is 2.77. The van der Waals surface area contributed by atoms with Crippen LogP contribution in [-0.4, -0.2) is 17.6 Å². The maximum atomic E-state index is 12.3.